The molecule has 0 saturated heterocycles. The molecule has 0 saturated carbocycles. The monoisotopic (exact) mass is 388 g/mol. The Bertz CT molecular complexity index is 734. The fraction of sp³-hybridized carbons (Fsp3) is 0.435. The number of fused-ring (bicyclic) bond motifs is 2. The lowest BCUT2D eigenvalue weighted by atomic mass is 9.89. The van der Waals surface area contributed by atoms with Crippen molar-refractivity contribution in [2.24, 2.45) is 5.73 Å². The van der Waals surface area contributed by atoms with Gasteiger partial charge in [-0.3, -0.25) is 4.79 Å². The maximum absolute atomic E-state index is 13.4. The van der Waals surface area contributed by atoms with E-state index in [1.54, 1.807) is 19.2 Å². The Morgan fingerprint density at radius 2 is 1.89 bits per heavy atom. The molecule has 1 aliphatic carbocycles. The quantitative estimate of drug-likeness (QED) is 0.782. The molecule has 1 atom stereocenters. The summed E-state index contributed by atoms with van der Waals surface area (Å²) in [6.07, 6.45) is 2.74. The number of rotatable bonds is 4. The van der Waals surface area contributed by atoms with Crippen LogP contribution in [-0.2, 0) is 22.4 Å². The Balaban J connectivity index is 0.000000372. The van der Waals surface area contributed by atoms with Crippen molar-refractivity contribution in [1.82, 2.24) is 5.32 Å². The molecule has 154 valence electrons. The summed E-state index contributed by atoms with van der Waals surface area (Å²) in [5.41, 5.74) is 10.9. The highest BCUT2D eigenvalue weighted by Gasteiger charge is 2.21. The molecule has 0 amide bonds. The van der Waals surface area contributed by atoms with Gasteiger partial charge in [0.05, 0.1) is 13.7 Å². The molecule has 0 bridgehead atoms. The summed E-state index contributed by atoms with van der Waals surface area (Å²) in [7, 11) is 3.05. The molecule has 3 N–H and O–H groups in total. The fourth-order valence-corrected chi connectivity index (χ4v) is 3.31. The van der Waals surface area contributed by atoms with E-state index in [4.69, 9.17) is 5.73 Å². The first-order valence-corrected chi connectivity index (χ1v) is 9.85. The van der Waals surface area contributed by atoms with E-state index in [1.807, 2.05) is 19.9 Å². The number of nitrogens with two attached hydrogens (primary N) is 1. The highest BCUT2D eigenvalue weighted by molar-refractivity contribution is 5.71. The van der Waals surface area contributed by atoms with Gasteiger partial charge in [0.2, 0.25) is 0 Å². The minimum atomic E-state index is -0.234. The number of carbonyl (C=O) groups excluding carboxylic acids is 1. The lowest BCUT2D eigenvalue weighted by Gasteiger charge is -2.17. The fourth-order valence-electron chi connectivity index (χ4n) is 3.31. The third-order valence-corrected chi connectivity index (χ3v) is 4.57. The van der Waals surface area contributed by atoms with Crippen molar-refractivity contribution in [3.05, 3.63) is 70.5 Å². The highest BCUT2D eigenvalue weighted by atomic mass is 19.1. The number of nitrogens with one attached hydrogen (secondary N) is 1. The summed E-state index contributed by atoms with van der Waals surface area (Å²) in [5, 5.41) is 2.64. The molecular weight excluding hydrogens is 355 g/mol. The number of carbonyl (C=O) groups is 1. The van der Waals surface area contributed by atoms with Crippen LogP contribution in [-0.4, -0.2) is 33.2 Å². The number of methoxy groups -OCH3 is 1. The van der Waals surface area contributed by atoms with E-state index in [2.05, 4.69) is 34.3 Å². The largest absolute Gasteiger partial charge is 0.468 e. The van der Waals surface area contributed by atoms with Crippen LogP contribution >= 0.6 is 0 Å². The highest BCUT2D eigenvalue weighted by Crippen LogP contribution is 2.33. The molecule has 2 aromatic rings. The van der Waals surface area contributed by atoms with Crippen LogP contribution in [0.2, 0.25) is 0 Å². The minimum absolute atomic E-state index is 0.142. The van der Waals surface area contributed by atoms with E-state index in [1.165, 1.54) is 23.8 Å². The van der Waals surface area contributed by atoms with E-state index < -0.39 is 0 Å². The molecule has 0 unspecified atom stereocenters. The van der Waals surface area contributed by atoms with Crippen molar-refractivity contribution >= 4 is 5.97 Å². The Morgan fingerprint density at radius 3 is 2.50 bits per heavy atom. The van der Waals surface area contributed by atoms with E-state index >= 15 is 0 Å². The zero-order valence-corrected chi connectivity index (χ0v) is 17.4. The van der Waals surface area contributed by atoms with E-state index in [-0.39, 0.29) is 18.3 Å². The van der Waals surface area contributed by atoms with Gasteiger partial charge < -0.3 is 15.8 Å². The van der Waals surface area contributed by atoms with Gasteiger partial charge in [-0.1, -0.05) is 44.2 Å². The molecular formula is C23H33FN2O2. The van der Waals surface area contributed by atoms with Crippen LogP contribution in [0.25, 0.3) is 0 Å². The average molecular weight is 389 g/mol. The Hall–Kier alpha value is -2.24. The first-order valence-electron chi connectivity index (χ1n) is 9.85. The number of hydrogen-bond acceptors (Lipinski definition) is 4. The second kappa shape index (κ2) is 13.0. The molecule has 0 aliphatic heterocycles. The molecule has 0 aromatic heterocycles. The predicted molar refractivity (Wildman–Crippen MR) is 113 cm³/mol. The van der Waals surface area contributed by atoms with Gasteiger partial charge in [0.15, 0.2) is 0 Å². The van der Waals surface area contributed by atoms with Gasteiger partial charge in [0.1, 0.15) is 5.82 Å². The molecule has 0 fully saturated rings. The third-order valence-electron chi connectivity index (χ3n) is 4.57. The predicted octanol–water partition coefficient (Wildman–Crippen LogP) is 3.81. The van der Waals surface area contributed by atoms with Gasteiger partial charge >= 0.3 is 5.97 Å². The van der Waals surface area contributed by atoms with Crippen LogP contribution < -0.4 is 11.1 Å². The normalized spacial score (nSPS) is 14.1. The Morgan fingerprint density at radius 1 is 1.18 bits per heavy atom. The standard InChI is InChI=1S/C17H18FN.C4H9NO2.C2H6/c18-16-6-5-12-9-13-3-1-2-4-17(13)14(7-8-19)10-15(12)11-16;1-5-3-4(6)7-2;1-2/h1-6,11,14H,7-10,19H2;5H,3H2,1-2H3;1-2H3/t14-;;/m0../s1. The number of esters is 1. The molecule has 4 nitrogen and oxygen atoms in total. The van der Waals surface area contributed by atoms with Crippen molar-refractivity contribution < 1.29 is 13.9 Å². The smallest absolute Gasteiger partial charge is 0.319 e. The molecule has 5 heteroatoms. The average Bonchev–Trinajstić information content (AvgIpc) is 2.87. The molecule has 3 rings (SSSR count). The van der Waals surface area contributed by atoms with Gasteiger partial charge in [-0.15, -0.1) is 0 Å². The molecule has 0 heterocycles. The van der Waals surface area contributed by atoms with Gasteiger partial charge in [0.25, 0.3) is 0 Å². The SMILES string of the molecule is CC.CNCC(=O)OC.NCC[C@H]1Cc2cc(F)ccc2Cc2ccccc21. The lowest BCUT2D eigenvalue weighted by molar-refractivity contribution is -0.139. The Kier molecular flexibility index (Phi) is 11.1. The number of hydrogen-bond donors (Lipinski definition) is 2. The van der Waals surface area contributed by atoms with Gasteiger partial charge in [0, 0.05) is 0 Å². The second-order valence-corrected chi connectivity index (χ2v) is 6.37. The van der Waals surface area contributed by atoms with Crippen LogP contribution in [0.4, 0.5) is 4.39 Å². The number of halogens is 1. The van der Waals surface area contributed by atoms with Crippen molar-refractivity contribution in [2.45, 2.75) is 39.0 Å². The van der Waals surface area contributed by atoms with Crippen LogP contribution in [0, 0.1) is 5.82 Å². The van der Waals surface area contributed by atoms with E-state index in [9.17, 15) is 9.18 Å². The zero-order valence-electron chi connectivity index (χ0n) is 17.4. The summed E-state index contributed by atoms with van der Waals surface area (Å²) in [6.45, 7) is 4.96. The topological polar surface area (TPSA) is 64.3 Å². The van der Waals surface area contributed by atoms with Crippen molar-refractivity contribution in [1.29, 1.82) is 0 Å². The first kappa shape index (κ1) is 23.8. The molecule has 1 aliphatic rings. The summed E-state index contributed by atoms with van der Waals surface area (Å²) in [4.78, 5) is 10.1. The summed E-state index contributed by atoms with van der Waals surface area (Å²) >= 11 is 0. The van der Waals surface area contributed by atoms with Crippen LogP contribution in [0.1, 0.15) is 48.4 Å². The van der Waals surface area contributed by atoms with Crippen molar-refractivity contribution in [2.75, 3.05) is 27.2 Å². The second-order valence-electron chi connectivity index (χ2n) is 6.37. The van der Waals surface area contributed by atoms with Gasteiger partial charge in [-0.2, -0.15) is 0 Å². The van der Waals surface area contributed by atoms with Crippen LogP contribution in [0.5, 0.6) is 0 Å². The van der Waals surface area contributed by atoms with Gasteiger partial charge in [-0.05, 0) is 73.2 Å². The summed E-state index contributed by atoms with van der Waals surface area (Å²) in [6, 6.07) is 13.7. The lowest BCUT2D eigenvalue weighted by Crippen LogP contribution is -2.19. The molecule has 0 spiro atoms. The van der Waals surface area contributed by atoms with Gasteiger partial charge in [-0.25, -0.2) is 4.39 Å². The third kappa shape index (κ3) is 7.06. The van der Waals surface area contributed by atoms with Crippen LogP contribution in [0.3, 0.4) is 0 Å². The zero-order chi connectivity index (χ0) is 20.9. The first-order chi connectivity index (χ1) is 13.6. The van der Waals surface area contributed by atoms with Crippen molar-refractivity contribution in [3.63, 3.8) is 0 Å². The van der Waals surface area contributed by atoms with E-state index in [0.717, 1.165) is 24.8 Å². The van der Waals surface area contributed by atoms with Crippen LogP contribution in [0.15, 0.2) is 42.5 Å². The maximum atomic E-state index is 13.4. The Labute approximate surface area is 168 Å². The number of likely N-dealkylation sites (N-methyl/N-ethyl adjacent to an activating group) is 1. The summed E-state index contributed by atoms with van der Waals surface area (Å²) < 4.78 is 17.7. The number of benzene rings is 2. The summed E-state index contributed by atoms with van der Waals surface area (Å²) in [5.74, 6) is 0.0305. The molecule has 0 radical (unpaired) electrons. The number of ether oxygens (including phenoxy) is 1. The molecule has 2 aromatic carbocycles. The van der Waals surface area contributed by atoms with Crippen molar-refractivity contribution in [3.8, 4) is 0 Å². The molecule has 28 heavy (non-hydrogen) atoms. The van der Waals surface area contributed by atoms with E-state index in [0.29, 0.717) is 12.5 Å². The minimum Gasteiger partial charge on any atom is -0.468 e. The maximum Gasteiger partial charge on any atom is 0.319 e.